The van der Waals surface area contributed by atoms with E-state index >= 15 is 0 Å². The van der Waals surface area contributed by atoms with Gasteiger partial charge in [0, 0.05) is 23.6 Å². The summed E-state index contributed by atoms with van der Waals surface area (Å²) < 4.78 is 1.06. The summed E-state index contributed by atoms with van der Waals surface area (Å²) in [4.78, 5) is 32.6. The second-order valence-electron chi connectivity index (χ2n) is 7.34. The number of hydrogen-bond acceptors (Lipinski definition) is 7. The molecule has 166 valence electrons. The van der Waals surface area contributed by atoms with Crippen LogP contribution in [0.3, 0.4) is 0 Å². The van der Waals surface area contributed by atoms with Gasteiger partial charge in [0.05, 0.1) is 15.1 Å². The summed E-state index contributed by atoms with van der Waals surface area (Å²) in [7, 11) is 4.00. The average molecular weight is 481 g/mol. The highest BCUT2D eigenvalue weighted by Crippen LogP contribution is 2.32. The van der Waals surface area contributed by atoms with E-state index in [9.17, 15) is 14.9 Å². The number of carbonyl (C=O) groups is 1. The maximum atomic E-state index is 13.0. The van der Waals surface area contributed by atoms with Gasteiger partial charge >= 0.3 is 5.00 Å². The third-order valence-corrected chi connectivity index (χ3v) is 6.51. The Morgan fingerprint density at radius 3 is 2.58 bits per heavy atom. The van der Waals surface area contributed by atoms with Crippen LogP contribution in [0.15, 0.2) is 30.3 Å². The molecular weight excluding hydrogens is 456 g/mol. The Morgan fingerprint density at radius 1 is 1.19 bits per heavy atom. The molecule has 0 radical (unpaired) electrons. The summed E-state index contributed by atoms with van der Waals surface area (Å²) in [6, 6.07) is 7.27. The van der Waals surface area contributed by atoms with Crippen molar-refractivity contribution in [3.05, 3.63) is 56.5 Å². The molecule has 3 aromatic rings. The minimum Gasteiger partial charge on any atom is -0.309 e. The average Bonchev–Trinajstić information content (AvgIpc) is 3.30. The first kappa shape index (κ1) is 24.9. The van der Waals surface area contributed by atoms with Gasteiger partial charge in [0.15, 0.2) is 5.13 Å². The second kappa shape index (κ2) is 10.8. The van der Waals surface area contributed by atoms with Crippen LogP contribution in [0.5, 0.6) is 0 Å². The van der Waals surface area contributed by atoms with E-state index in [0.717, 1.165) is 40.1 Å². The van der Waals surface area contributed by atoms with Crippen LogP contribution in [0.1, 0.15) is 22.4 Å². The SMILES string of the molecule is Cc1cc(C)c2nc(N(CCCN(C)C)C(=O)C=Cc3ccc([N+](=O)[O-])s3)sc2c1.Cl. The number of aryl methyl sites for hydroxylation is 2. The molecule has 0 spiro atoms. The largest absolute Gasteiger partial charge is 0.324 e. The van der Waals surface area contributed by atoms with Gasteiger partial charge in [-0.05, 0) is 70.2 Å². The molecule has 0 fully saturated rings. The Hall–Kier alpha value is -2.33. The molecule has 0 aliphatic heterocycles. The normalized spacial score (nSPS) is 11.3. The molecule has 0 N–H and O–H groups in total. The lowest BCUT2D eigenvalue weighted by Gasteiger charge is -2.19. The van der Waals surface area contributed by atoms with Crippen molar-refractivity contribution in [3.63, 3.8) is 0 Å². The number of thiazole rings is 1. The topological polar surface area (TPSA) is 79.6 Å². The zero-order chi connectivity index (χ0) is 21.8. The van der Waals surface area contributed by atoms with Gasteiger partial charge in [0.2, 0.25) is 0 Å². The van der Waals surface area contributed by atoms with Gasteiger partial charge in [-0.25, -0.2) is 4.98 Å². The number of halogens is 1. The molecule has 7 nitrogen and oxygen atoms in total. The van der Waals surface area contributed by atoms with Crippen LogP contribution < -0.4 is 4.90 Å². The van der Waals surface area contributed by atoms with Gasteiger partial charge in [0.1, 0.15) is 0 Å². The molecule has 2 aromatic heterocycles. The lowest BCUT2D eigenvalue weighted by atomic mass is 10.1. The van der Waals surface area contributed by atoms with E-state index in [1.54, 1.807) is 17.0 Å². The lowest BCUT2D eigenvalue weighted by Crippen LogP contribution is -2.32. The Kier molecular flexibility index (Phi) is 8.69. The number of rotatable bonds is 8. The van der Waals surface area contributed by atoms with E-state index in [4.69, 9.17) is 4.98 Å². The van der Waals surface area contributed by atoms with E-state index in [-0.39, 0.29) is 23.3 Å². The van der Waals surface area contributed by atoms with Crippen LogP contribution >= 0.6 is 35.1 Å². The Balaban J connectivity index is 0.00000341. The third-order valence-electron chi connectivity index (χ3n) is 4.49. The number of thiophene rings is 1. The fourth-order valence-electron chi connectivity index (χ4n) is 3.09. The number of fused-ring (bicyclic) bond motifs is 1. The summed E-state index contributed by atoms with van der Waals surface area (Å²) in [6.07, 6.45) is 3.90. The minimum absolute atomic E-state index is 0. The first-order valence-corrected chi connectivity index (χ1v) is 11.1. The number of amides is 1. The van der Waals surface area contributed by atoms with Crippen molar-refractivity contribution in [1.29, 1.82) is 0 Å². The summed E-state index contributed by atoms with van der Waals surface area (Å²) in [5.41, 5.74) is 3.18. The van der Waals surface area contributed by atoms with Crippen LogP contribution in [0.2, 0.25) is 0 Å². The van der Waals surface area contributed by atoms with Crippen LogP contribution in [0.4, 0.5) is 10.1 Å². The predicted octanol–water partition coefficient (Wildman–Crippen LogP) is 5.30. The Bertz CT molecular complexity index is 1110. The number of nitrogens with zero attached hydrogens (tertiary/aromatic N) is 4. The predicted molar refractivity (Wildman–Crippen MR) is 132 cm³/mol. The van der Waals surface area contributed by atoms with Crippen LogP contribution in [-0.2, 0) is 4.79 Å². The molecule has 10 heteroatoms. The molecule has 0 saturated heterocycles. The first-order valence-electron chi connectivity index (χ1n) is 9.51. The van der Waals surface area contributed by atoms with Crippen molar-refractivity contribution >= 4 is 67.4 Å². The summed E-state index contributed by atoms with van der Waals surface area (Å²) in [5.74, 6) is -0.182. The third kappa shape index (κ3) is 6.33. The monoisotopic (exact) mass is 480 g/mol. The molecule has 1 amide bonds. The molecule has 0 saturated carbocycles. The fourth-order valence-corrected chi connectivity index (χ4v) is 4.99. The summed E-state index contributed by atoms with van der Waals surface area (Å²) in [6.45, 7) is 5.48. The number of anilines is 1. The van der Waals surface area contributed by atoms with Crippen molar-refractivity contribution in [1.82, 2.24) is 9.88 Å². The quantitative estimate of drug-likeness (QED) is 0.248. The van der Waals surface area contributed by atoms with Gasteiger partial charge < -0.3 is 4.90 Å². The Labute approximate surface area is 195 Å². The molecule has 0 aliphatic rings. The van der Waals surface area contributed by atoms with Gasteiger partial charge in [-0.2, -0.15) is 0 Å². The van der Waals surface area contributed by atoms with Crippen molar-refractivity contribution in [2.45, 2.75) is 20.3 Å². The van der Waals surface area contributed by atoms with Crippen molar-refractivity contribution in [3.8, 4) is 0 Å². The number of carbonyl (C=O) groups excluding carboxylic acids is 1. The molecule has 0 unspecified atom stereocenters. The van der Waals surface area contributed by atoms with Gasteiger partial charge in [-0.1, -0.05) is 28.7 Å². The van der Waals surface area contributed by atoms with Crippen molar-refractivity contribution in [2.75, 3.05) is 32.1 Å². The van der Waals surface area contributed by atoms with Gasteiger partial charge in [-0.15, -0.1) is 12.4 Å². The van der Waals surface area contributed by atoms with Crippen LogP contribution in [-0.4, -0.2) is 47.9 Å². The maximum absolute atomic E-state index is 13.0. The van der Waals surface area contributed by atoms with Crippen molar-refractivity contribution < 1.29 is 9.72 Å². The molecule has 3 rings (SSSR count). The number of hydrogen-bond donors (Lipinski definition) is 0. The first-order chi connectivity index (χ1) is 14.2. The Morgan fingerprint density at radius 2 is 1.94 bits per heavy atom. The highest BCUT2D eigenvalue weighted by Gasteiger charge is 2.19. The standard InChI is InChI=1S/C21H24N4O3S2.ClH/c1-14-12-15(2)20-17(13-14)30-21(22-20)24(11-5-10-23(3)4)18(26)8-6-16-7-9-19(29-16)25(27)28;/h6-9,12-13H,5,10-11H2,1-4H3;1H. The molecular formula is C21H25ClN4O3S2. The minimum atomic E-state index is -0.428. The smallest absolute Gasteiger partial charge is 0.309 e. The van der Waals surface area contributed by atoms with E-state index in [1.165, 1.54) is 29.0 Å². The highest BCUT2D eigenvalue weighted by molar-refractivity contribution is 7.22. The lowest BCUT2D eigenvalue weighted by molar-refractivity contribution is -0.380. The number of benzene rings is 1. The fraction of sp³-hybridized carbons (Fsp3) is 0.333. The summed E-state index contributed by atoms with van der Waals surface area (Å²) >= 11 is 2.55. The van der Waals surface area contributed by atoms with Crippen molar-refractivity contribution in [2.24, 2.45) is 0 Å². The number of nitro groups is 1. The van der Waals surface area contributed by atoms with E-state index in [0.29, 0.717) is 16.6 Å². The van der Waals surface area contributed by atoms with Crippen LogP contribution in [0.25, 0.3) is 16.3 Å². The van der Waals surface area contributed by atoms with Gasteiger partial charge in [0.25, 0.3) is 5.91 Å². The van der Waals surface area contributed by atoms with Crippen LogP contribution in [0, 0.1) is 24.0 Å². The van der Waals surface area contributed by atoms with Gasteiger partial charge in [-0.3, -0.25) is 19.8 Å². The zero-order valence-corrected chi connectivity index (χ0v) is 20.3. The molecule has 2 heterocycles. The number of aromatic nitrogens is 1. The highest BCUT2D eigenvalue weighted by atomic mass is 35.5. The molecule has 0 bridgehead atoms. The van der Waals surface area contributed by atoms with E-state index in [2.05, 4.69) is 24.0 Å². The second-order valence-corrected chi connectivity index (χ2v) is 9.44. The van der Waals surface area contributed by atoms with E-state index < -0.39 is 4.92 Å². The molecule has 1 aromatic carbocycles. The summed E-state index contributed by atoms with van der Waals surface area (Å²) in [5, 5.41) is 11.6. The molecule has 0 atom stereocenters. The maximum Gasteiger partial charge on any atom is 0.324 e. The van der Waals surface area contributed by atoms with E-state index in [1.807, 2.05) is 21.0 Å². The molecule has 31 heavy (non-hydrogen) atoms. The zero-order valence-electron chi connectivity index (χ0n) is 17.8. The molecule has 0 aliphatic carbocycles.